The van der Waals surface area contributed by atoms with Crippen LogP contribution in [0.4, 0.5) is 0 Å². The maximum atomic E-state index is 5.64. The molecule has 0 bridgehead atoms. The molecule has 84 valence electrons. The standard InChI is InChI=1S/C13H21NO/c1-9(2)7-14-8-11-6-12(11)13-5-4-10(3)15-13/h4-5,9,11-12,14H,6-8H2,1-3H3. The average Bonchev–Trinajstić information content (AvgIpc) is 2.80. The lowest BCUT2D eigenvalue weighted by atomic mass is 10.2. The van der Waals surface area contributed by atoms with Crippen LogP contribution < -0.4 is 5.32 Å². The summed E-state index contributed by atoms with van der Waals surface area (Å²) in [6.45, 7) is 8.77. The van der Waals surface area contributed by atoms with E-state index in [1.807, 2.05) is 6.92 Å². The van der Waals surface area contributed by atoms with Gasteiger partial charge in [0.15, 0.2) is 0 Å². The Morgan fingerprint density at radius 1 is 1.47 bits per heavy atom. The van der Waals surface area contributed by atoms with Crippen LogP contribution in [0.2, 0.25) is 0 Å². The smallest absolute Gasteiger partial charge is 0.107 e. The highest BCUT2D eigenvalue weighted by Crippen LogP contribution is 2.47. The molecule has 2 unspecified atom stereocenters. The second-order valence-electron chi connectivity index (χ2n) is 5.10. The fourth-order valence-electron chi connectivity index (χ4n) is 2.03. The van der Waals surface area contributed by atoms with Crippen molar-refractivity contribution in [2.24, 2.45) is 11.8 Å². The predicted octanol–water partition coefficient (Wildman–Crippen LogP) is 2.94. The van der Waals surface area contributed by atoms with Crippen LogP contribution >= 0.6 is 0 Å². The summed E-state index contributed by atoms with van der Waals surface area (Å²) < 4.78 is 5.64. The Kier molecular flexibility index (Phi) is 3.15. The lowest BCUT2D eigenvalue weighted by Crippen LogP contribution is -2.22. The molecule has 0 aromatic carbocycles. The zero-order valence-electron chi connectivity index (χ0n) is 9.92. The highest BCUT2D eigenvalue weighted by atomic mass is 16.3. The quantitative estimate of drug-likeness (QED) is 0.803. The van der Waals surface area contributed by atoms with Gasteiger partial charge in [-0.05, 0) is 50.4 Å². The minimum absolute atomic E-state index is 0.679. The van der Waals surface area contributed by atoms with E-state index >= 15 is 0 Å². The van der Waals surface area contributed by atoms with Gasteiger partial charge in [-0.3, -0.25) is 0 Å². The van der Waals surface area contributed by atoms with Crippen LogP contribution in [0.1, 0.15) is 37.7 Å². The van der Waals surface area contributed by atoms with Crippen LogP contribution in [0.3, 0.4) is 0 Å². The molecule has 2 atom stereocenters. The molecule has 2 rings (SSSR count). The molecule has 1 aromatic rings. The van der Waals surface area contributed by atoms with Crippen LogP contribution in [-0.4, -0.2) is 13.1 Å². The number of aryl methyl sites for hydroxylation is 1. The first-order valence-corrected chi connectivity index (χ1v) is 5.94. The maximum absolute atomic E-state index is 5.64. The average molecular weight is 207 g/mol. The minimum Gasteiger partial charge on any atom is -0.466 e. The fraction of sp³-hybridized carbons (Fsp3) is 0.692. The van der Waals surface area contributed by atoms with Crippen molar-refractivity contribution < 1.29 is 4.42 Å². The Balaban J connectivity index is 1.72. The Labute approximate surface area is 92.1 Å². The zero-order chi connectivity index (χ0) is 10.8. The van der Waals surface area contributed by atoms with E-state index in [4.69, 9.17) is 4.42 Å². The summed E-state index contributed by atoms with van der Waals surface area (Å²) in [7, 11) is 0. The molecule has 0 radical (unpaired) electrons. The van der Waals surface area contributed by atoms with Crippen LogP contribution in [0, 0.1) is 18.8 Å². The van der Waals surface area contributed by atoms with Gasteiger partial charge in [0.2, 0.25) is 0 Å². The largest absolute Gasteiger partial charge is 0.466 e. The molecule has 0 aliphatic heterocycles. The van der Waals surface area contributed by atoms with Gasteiger partial charge in [-0.25, -0.2) is 0 Å². The van der Waals surface area contributed by atoms with Gasteiger partial charge < -0.3 is 9.73 Å². The van der Waals surface area contributed by atoms with Gasteiger partial charge >= 0.3 is 0 Å². The van der Waals surface area contributed by atoms with Crippen molar-refractivity contribution in [2.75, 3.05) is 13.1 Å². The molecule has 1 heterocycles. The van der Waals surface area contributed by atoms with Crippen LogP contribution in [0.25, 0.3) is 0 Å². The highest BCUT2D eigenvalue weighted by molar-refractivity contribution is 5.18. The SMILES string of the molecule is Cc1ccc(C2CC2CNCC(C)C)o1. The molecule has 2 nitrogen and oxygen atoms in total. The van der Waals surface area contributed by atoms with Gasteiger partial charge in [0.05, 0.1) is 0 Å². The lowest BCUT2D eigenvalue weighted by molar-refractivity contribution is 0.470. The Hall–Kier alpha value is -0.760. The lowest BCUT2D eigenvalue weighted by Gasteiger charge is -2.06. The van der Waals surface area contributed by atoms with E-state index in [0.717, 1.165) is 30.7 Å². The first-order chi connectivity index (χ1) is 7.16. The second kappa shape index (κ2) is 4.40. The van der Waals surface area contributed by atoms with Crippen molar-refractivity contribution in [1.29, 1.82) is 0 Å². The van der Waals surface area contributed by atoms with Crippen molar-refractivity contribution in [3.05, 3.63) is 23.7 Å². The highest BCUT2D eigenvalue weighted by Gasteiger charge is 2.39. The number of hydrogen-bond acceptors (Lipinski definition) is 2. The summed E-state index contributed by atoms with van der Waals surface area (Å²) in [5.41, 5.74) is 0. The third-order valence-corrected chi connectivity index (χ3v) is 3.01. The first-order valence-electron chi connectivity index (χ1n) is 5.94. The molecular weight excluding hydrogens is 186 g/mol. The molecule has 15 heavy (non-hydrogen) atoms. The molecule has 1 saturated carbocycles. The van der Waals surface area contributed by atoms with Gasteiger partial charge in [0.25, 0.3) is 0 Å². The van der Waals surface area contributed by atoms with Crippen LogP contribution in [0.5, 0.6) is 0 Å². The fourth-order valence-corrected chi connectivity index (χ4v) is 2.03. The summed E-state index contributed by atoms with van der Waals surface area (Å²) in [5, 5.41) is 3.51. The van der Waals surface area contributed by atoms with Crippen molar-refractivity contribution in [3.8, 4) is 0 Å². The number of nitrogens with one attached hydrogen (secondary N) is 1. The first kappa shape index (κ1) is 10.7. The summed E-state index contributed by atoms with van der Waals surface area (Å²) >= 11 is 0. The van der Waals surface area contributed by atoms with Crippen molar-refractivity contribution in [3.63, 3.8) is 0 Å². The Morgan fingerprint density at radius 2 is 2.27 bits per heavy atom. The van der Waals surface area contributed by atoms with Gasteiger partial charge in [-0.2, -0.15) is 0 Å². The molecule has 0 amide bonds. The summed E-state index contributed by atoms with van der Waals surface area (Å²) in [5.74, 6) is 4.44. The van der Waals surface area contributed by atoms with Gasteiger partial charge in [-0.15, -0.1) is 0 Å². The van der Waals surface area contributed by atoms with Crippen molar-refractivity contribution >= 4 is 0 Å². The third-order valence-electron chi connectivity index (χ3n) is 3.01. The topological polar surface area (TPSA) is 25.2 Å². The number of furan rings is 1. The third kappa shape index (κ3) is 2.85. The molecular formula is C13H21NO. The molecule has 0 spiro atoms. The summed E-state index contributed by atoms with van der Waals surface area (Å²) in [6, 6.07) is 4.19. The van der Waals surface area contributed by atoms with Gasteiger partial charge in [0, 0.05) is 5.92 Å². The van der Waals surface area contributed by atoms with E-state index in [9.17, 15) is 0 Å². The molecule has 1 aromatic heterocycles. The van der Waals surface area contributed by atoms with Crippen molar-refractivity contribution in [1.82, 2.24) is 5.32 Å². The molecule has 1 aliphatic rings. The zero-order valence-corrected chi connectivity index (χ0v) is 9.92. The molecule has 1 N–H and O–H groups in total. The second-order valence-corrected chi connectivity index (χ2v) is 5.10. The number of hydrogen-bond donors (Lipinski definition) is 1. The van der Waals surface area contributed by atoms with E-state index in [1.54, 1.807) is 0 Å². The van der Waals surface area contributed by atoms with Crippen LogP contribution in [0.15, 0.2) is 16.5 Å². The molecule has 1 aliphatic carbocycles. The van der Waals surface area contributed by atoms with E-state index in [-0.39, 0.29) is 0 Å². The predicted molar refractivity (Wildman–Crippen MR) is 62.0 cm³/mol. The van der Waals surface area contributed by atoms with E-state index in [2.05, 4.69) is 31.3 Å². The monoisotopic (exact) mass is 207 g/mol. The number of rotatable bonds is 5. The van der Waals surface area contributed by atoms with Crippen molar-refractivity contribution in [2.45, 2.75) is 33.1 Å². The van der Waals surface area contributed by atoms with E-state index < -0.39 is 0 Å². The normalized spacial score (nSPS) is 24.8. The molecule has 1 fully saturated rings. The van der Waals surface area contributed by atoms with Crippen LogP contribution in [-0.2, 0) is 0 Å². The Morgan fingerprint density at radius 3 is 2.87 bits per heavy atom. The summed E-state index contributed by atoms with van der Waals surface area (Å²) in [6.07, 6.45) is 1.29. The molecule has 0 saturated heterocycles. The maximum Gasteiger partial charge on any atom is 0.107 e. The minimum atomic E-state index is 0.679. The van der Waals surface area contributed by atoms with E-state index in [1.165, 1.54) is 12.2 Å². The van der Waals surface area contributed by atoms with Gasteiger partial charge in [0.1, 0.15) is 11.5 Å². The summed E-state index contributed by atoms with van der Waals surface area (Å²) in [4.78, 5) is 0. The Bertz CT molecular complexity index is 316. The van der Waals surface area contributed by atoms with Gasteiger partial charge in [-0.1, -0.05) is 13.8 Å². The molecule has 2 heteroatoms. The van der Waals surface area contributed by atoms with E-state index in [0.29, 0.717) is 5.92 Å².